The molecule has 0 spiro atoms. The molecule has 2 N–H and O–H groups in total. The Kier molecular flexibility index (Phi) is 6.84. The molecule has 0 aliphatic rings. The van der Waals surface area contributed by atoms with Crippen LogP contribution in [0.2, 0.25) is 0 Å². The van der Waals surface area contributed by atoms with Gasteiger partial charge in [0.05, 0.1) is 0 Å². The third-order valence-corrected chi connectivity index (χ3v) is 3.56. The summed E-state index contributed by atoms with van der Waals surface area (Å²) in [5, 5.41) is 0. The van der Waals surface area contributed by atoms with Gasteiger partial charge < -0.3 is 20.1 Å². The van der Waals surface area contributed by atoms with E-state index in [2.05, 4.69) is 43.1 Å². The molecule has 4 nitrogen and oxygen atoms in total. The van der Waals surface area contributed by atoms with Crippen LogP contribution in [0.4, 0.5) is 5.69 Å². The van der Waals surface area contributed by atoms with Gasteiger partial charge in [-0.25, -0.2) is 0 Å². The van der Waals surface area contributed by atoms with Crippen LogP contribution < -0.4 is 10.6 Å². The standard InChI is InChI=1S/C15H26N2O2/c1-5-12-6-8-13(9-7-12)17(2)14(11-16)10-15(18-3)19-4/h6-9,14-15H,5,10-11,16H2,1-4H3. The first-order valence-corrected chi connectivity index (χ1v) is 6.73. The molecule has 108 valence electrons. The van der Waals surface area contributed by atoms with E-state index >= 15 is 0 Å². The minimum atomic E-state index is -0.217. The number of anilines is 1. The number of methoxy groups -OCH3 is 2. The average molecular weight is 266 g/mol. The molecular weight excluding hydrogens is 240 g/mol. The lowest BCUT2D eigenvalue weighted by molar-refractivity contribution is -0.108. The summed E-state index contributed by atoms with van der Waals surface area (Å²) in [6, 6.07) is 8.77. The van der Waals surface area contributed by atoms with Crippen LogP contribution in [0.25, 0.3) is 0 Å². The number of hydrogen-bond donors (Lipinski definition) is 1. The van der Waals surface area contributed by atoms with Crippen LogP contribution in [0, 0.1) is 0 Å². The summed E-state index contributed by atoms with van der Waals surface area (Å²) in [4.78, 5) is 2.18. The minimum Gasteiger partial charge on any atom is -0.370 e. The second kappa shape index (κ2) is 8.15. The number of ether oxygens (including phenoxy) is 2. The number of nitrogens with zero attached hydrogens (tertiary/aromatic N) is 1. The molecular formula is C15H26N2O2. The fourth-order valence-corrected chi connectivity index (χ4v) is 2.10. The van der Waals surface area contributed by atoms with E-state index in [0.717, 1.165) is 12.8 Å². The predicted molar refractivity (Wildman–Crippen MR) is 79.5 cm³/mol. The Labute approximate surface area is 116 Å². The van der Waals surface area contributed by atoms with Crippen molar-refractivity contribution in [2.75, 3.05) is 32.7 Å². The van der Waals surface area contributed by atoms with Gasteiger partial charge in [-0.2, -0.15) is 0 Å². The van der Waals surface area contributed by atoms with Crippen LogP contribution in [0.3, 0.4) is 0 Å². The topological polar surface area (TPSA) is 47.7 Å². The number of rotatable bonds is 8. The Morgan fingerprint density at radius 2 is 1.74 bits per heavy atom. The first kappa shape index (κ1) is 16.0. The molecule has 1 atom stereocenters. The molecule has 0 heterocycles. The lowest BCUT2D eigenvalue weighted by Gasteiger charge is -2.31. The third-order valence-electron chi connectivity index (χ3n) is 3.56. The maximum Gasteiger partial charge on any atom is 0.158 e. The predicted octanol–water partition coefficient (Wildman–Crippen LogP) is 2.02. The van der Waals surface area contributed by atoms with E-state index in [1.54, 1.807) is 14.2 Å². The van der Waals surface area contributed by atoms with Crippen LogP contribution in [-0.2, 0) is 15.9 Å². The molecule has 0 radical (unpaired) electrons. The molecule has 0 saturated heterocycles. The number of nitrogens with two attached hydrogens (primary N) is 1. The van der Waals surface area contributed by atoms with Crippen LogP contribution >= 0.6 is 0 Å². The molecule has 0 bridgehead atoms. The Hall–Kier alpha value is -1.10. The van der Waals surface area contributed by atoms with Crippen LogP contribution in [0.5, 0.6) is 0 Å². The van der Waals surface area contributed by atoms with Crippen molar-refractivity contribution in [3.8, 4) is 0 Å². The molecule has 0 fully saturated rings. The lowest BCUT2D eigenvalue weighted by atomic mass is 10.1. The summed E-state index contributed by atoms with van der Waals surface area (Å²) in [6.45, 7) is 2.72. The molecule has 0 aromatic heterocycles. The van der Waals surface area contributed by atoms with E-state index in [1.165, 1.54) is 11.3 Å². The van der Waals surface area contributed by atoms with Crippen molar-refractivity contribution in [3.05, 3.63) is 29.8 Å². The van der Waals surface area contributed by atoms with Gasteiger partial charge in [-0.3, -0.25) is 0 Å². The van der Waals surface area contributed by atoms with Gasteiger partial charge in [0.1, 0.15) is 0 Å². The van der Waals surface area contributed by atoms with Gasteiger partial charge in [0, 0.05) is 46.0 Å². The van der Waals surface area contributed by atoms with Gasteiger partial charge in [-0.1, -0.05) is 19.1 Å². The summed E-state index contributed by atoms with van der Waals surface area (Å²) >= 11 is 0. The quantitative estimate of drug-likeness (QED) is 0.731. The zero-order chi connectivity index (χ0) is 14.3. The Morgan fingerprint density at radius 3 is 2.16 bits per heavy atom. The van der Waals surface area contributed by atoms with E-state index in [4.69, 9.17) is 15.2 Å². The second-order valence-electron chi connectivity index (χ2n) is 4.66. The van der Waals surface area contributed by atoms with Crippen molar-refractivity contribution >= 4 is 5.69 Å². The van der Waals surface area contributed by atoms with Gasteiger partial charge in [-0.15, -0.1) is 0 Å². The van der Waals surface area contributed by atoms with E-state index in [1.807, 2.05) is 0 Å². The van der Waals surface area contributed by atoms with Gasteiger partial charge in [-0.05, 0) is 24.1 Å². The fourth-order valence-electron chi connectivity index (χ4n) is 2.10. The number of aryl methyl sites for hydroxylation is 1. The normalized spacial score (nSPS) is 12.7. The fraction of sp³-hybridized carbons (Fsp3) is 0.600. The average Bonchev–Trinajstić information content (AvgIpc) is 2.48. The van der Waals surface area contributed by atoms with Crippen molar-refractivity contribution in [1.29, 1.82) is 0 Å². The highest BCUT2D eigenvalue weighted by Gasteiger charge is 2.19. The highest BCUT2D eigenvalue weighted by Crippen LogP contribution is 2.19. The van der Waals surface area contributed by atoms with Crippen molar-refractivity contribution in [2.24, 2.45) is 5.73 Å². The van der Waals surface area contributed by atoms with Crippen LogP contribution in [0.1, 0.15) is 18.9 Å². The molecule has 1 rings (SSSR count). The van der Waals surface area contributed by atoms with Gasteiger partial charge in [0.15, 0.2) is 6.29 Å². The zero-order valence-corrected chi connectivity index (χ0v) is 12.4. The molecule has 4 heteroatoms. The molecule has 0 aliphatic carbocycles. The highest BCUT2D eigenvalue weighted by atomic mass is 16.7. The van der Waals surface area contributed by atoms with Crippen molar-refractivity contribution in [2.45, 2.75) is 32.1 Å². The van der Waals surface area contributed by atoms with Crippen LogP contribution in [0.15, 0.2) is 24.3 Å². The van der Waals surface area contributed by atoms with Crippen molar-refractivity contribution in [1.82, 2.24) is 0 Å². The monoisotopic (exact) mass is 266 g/mol. The van der Waals surface area contributed by atoms with Gasteiger partial charge >= 0.3 is 0 Å². The summed E-state index contributed by atoms with van der Waals surface area (Å²) in [7, 11) is 5.36. The van der Waals surface area contributed by atoms with Crippen molar-refractivity contribution in [3.63, 3.8) is 0 Å². The molecule has 1 aromatic rings. The van der Waals surface area contributed by atoms with Crippen molar-refractivity contribution < 1.29 is 9.47 Å². The summed E-state index contributed by atoms with van der Waals surface area (Å²) < 4.78 is 10.5. The maximum atomic E-state index is 5.87. The third kappa shape index (κ3) is 4.49. The molecule has 0 saturated carbocycles. The van der Waals surface area contributed by atoms with Gasteiger partial charge in [0.25, 0.3) is 0 Å². The first-order chi connectivity index (χ1) is 9.15. The van der Waals surface area contributed by atoms with E-state index < -0.39 is 0 Å². The Morgan fingerprint density at radius 1 is 1.16 bits per heavy atom. The first-order valence-electron chi connectivity index (χ1n) is 6.73. The van der Waals surface area contributed by atoms with E-state index in [-0.39, 0.29) is 12.3 Å². The number of likely N-dealkylation sites (N-methyl/N-ethyl adjacent to an activating group) is 1. The number of benzene rings is 1. The zero-order valence-electron chi connectivity index (χ0n) is 12.4. The molecule has 1 aromatic carbocycles. The Bertz CT molecular complexity index is 350. The molecule has 1 unspecified atom stereocenters. The van der Waals surface area contributed by atoms with E-state index in [0.29, 0.717) is 6.54 Å². The number of hydrogen-bond acceptors (Lipinski definition) is 4. The molecule has 19 heavy (non-hydrogen) atoms. The second-order valence-corrected chi connectivity index (χ2v) is 4.66. The summed E-state index contributed by atoms with van der Waals surface area (Å²) in [6.07, 6.45) is 1.58. The van der Waals surface area contributed by atoms with Crippen LogP contribution in [-0.4, -0.2) is 40.1 Å². The lowest BCUT2D eigenvalue weighted by Crippen LogP contribution is -2.41. The van der Waals surface area contributed by atoms with E-state index in [9.17, 15) is 0 Å². The Balaban J connectivity index is 2.73. The molecule has 0 aliphatic heterocycles. The smallest absolute Gasteiger partial charge is 0.158 e. The minimum absolute atomic E-state index is 0.192. The summed E-state index contributed by atoms with van der Waals surface area (Å²) in [5.74, 6) is 0. The maximum absolute atomic E-state index is 5.87. The summed E-state index contributed by atoms with van der Waals surface area (Å²) in [5.41, 5.74) is 8.38. The highest BCUT2D eigenvalue weighted by molar-refractivity contribution is 5.48. The molecule has 0 amide bonds. The largest absolute Gasteiger partial charge is 0.370 e. The van der Waals surface area contributed by atoms with Gasteiger partial charge in [0.2, 0.25) is 0 Å². The SMILES string of the molecule is CCc1ccc(N(C)C(CN)CC(OC)OC)cc1.